The Kier molecular flexibility index (Phi) is 6.67. The van der Waals surface area contributed by atoms with Crippen LogP contribution in [0.4, 0.5) is 0 Å². The first-order valence-electron chi connectivity index (χ1n) is 5.15. The molecule has 15 heavy (non-hydrogen) atoms. The number of hydrogen-bond donors (Lipinski definition) is 0. The minimum Gasteiger partial charge on any atom is -0.368 e. The third-order valence-electron chi connectivity index (χ3n) is 1.55. The molecule has 0 aliphatic heterocycles. The van der Waals surface area contributed by atoms with E-state index in [-0.39, 0.29) is 11.5 Å². The van der Waals surface area contributed by atoms with Gasteiger partial charge in [-0.15, -0.1) is 0 Å². The van der Waals surface area contributed by atoms with Crippen molar-refractivity contribution in [3.63, 3.8) is 0 Å². The molecule has 0 radical (unpaired) electrons. The maximum atomic E-state index is 11.7. The molecule has 0 aromatic carbocycles. The molecule has 0 fully saturated rings. The molecular weight excluding hydrogens is 212 g/mol. The van der Waals surface area contributed by atoms with Crippen molar-refractivity contribution in [2.45, 2.75) is 33.8 Å². The Balaban J connectivity index is 4.86. The highest BCUT2D eigenvalue weighted by molar-refractivity contribution is 6.94. The second kappa shape index (κ2) is 6.89. The van der Waals surface area contributed by atoms with Crippen molar-refractivity contribution in [1.82, 2.24) is 0 Å². The van der Waals surface area contributed by atoms with E-state index in [4.69, 9.17) is 13.3 Å². The van der Waals surface area contributed by atoms with Crippen LogP contribution >= 0.6 is 0 Å². The van der Waals surface area contributed by atoms with Crippen LogP contribution in [-0.2, 0) is 18.1 Å². The van der Waals surface area contributed by atoms with E-state index in [1.807, 2.05) is 13.8 Å². The van der Waals surface area contributed by atoms with E-state index >= 15 is 0 Å². The molecule has 5 heteroatoms. The monoisotopic (exact) mass is 232 g/mol. The summed E-state index contributed by atoms with van der Waals surface area (Å²) in [5.41, 5.74) is 0. The van der Waals surface area contributed by atoms with Gasteiger partial charge in [-0.1, -0.05) is 6.58 Å². The van der Waals surface area contributed by atoms with Gasteiger partial charge in [-0.3, -0.25) is 4.79 Å². The first-order chi connectivity index (χ1) is 7.02. The molecule has 88 valence electrons. The lowest BCUT2D eigenvalue weighted by Gasteiger charge is -2.27. The number of allylic oxidation sites excluding steroid dienone is 1. The summed E-state index contributed by atoms with van der Waals surface area (Å²) in [6, 6.07) is 0. The first kappa shape index (κ1) is 14.5. The maximum Gasteiger partial charge on any atom is 0.579 e. The molecule has 0 aliphatic carbocycles. The summed E-state index contributed by atoms with van der Waals surface area (Å²) in [6.07, 6.45) is 1.10. The number of carbonyl (C=O) groups is 1. The zero-order valence-corrected chi connectivity index (χ0v) is 10.9. The van der Waals surface area contributed by atoms with Crippen LogP contribution in [0.1, 0.15) is 27.7 Å². The molecule has 0 bridgehead atoms. The molecule has 0 N–H and O–H groups in total. The van der Waals surface area contributed by atoms with Gasteiger partial charge in [-0.05, 0) is 33.8 Å². The third-order valence-corrected chi connectivity index (χ3v) is 4.47. The summed E-state index contributed by atoms with van der Waals surface area (Å²) in [5, 5.41) is -0.278. The van der Waals surface area contributed by atoms with Gasteiger partial charge in [0.2, 0.25) is 5.41 Å². The predicted molar refractivity (Wildman–Crippen MR) is 60.4 cm³/mol. The van der Waals surface area contributed by atoms with Crippen molar-refractivity contribution < 1.29 is 18.1 Å². The summed E-state index contributed by atoms with van der Waals surface area (Å²) < 4.78 is 16.4. The van der Waals surface area contributed by atoms with Gasteiger partial charge in [0.05, 0.1) is 0 Å². The molecule has 0 amide bonds. The van der Waals surface area contributed by atoms with Gasteiger partial charge in [0.25, 0.3) is 0 Å². The largest absolute Gasteiger partial charge is 0.579 e. The second-order valence-corrected chi connectivity index (χ2v) is 5.58. The molecule has 0 rings (SSSR count). The SMILES string of the molecule is C=CC(=O)[Si](OCC)(OCC)OC(C)C. The summed E-state index contributed by atoms with van der Waals surface area (Å²) in [6.45, 7) is 11.5. The van der Waals surface area contributed by atoms with Gasteiger partial charge in [0.15, 0.2) is 0 Å². The second-order valence-electron chi connectivity index (χ2n) is 3.16. The van der Waals surface area contributed by atoms with Crippen LogP contribution in [0.3, 0.4) is 0 Å². The molecule has 0 aromatic heterocycles. The zero-order chi connectivity index (χ0) is 11.9. The predicted octanol–water partition coefficient (Wildman–Crippen LogP) is 1.72. The Morgan fingerprint density at radius 3 is 2.07 bits per heavy atom. The number of carbonyl (C=O) groups excluding carboxylic acids is 1. The van der Waals surface area contributed by atoms with Crippen LogP contribution in [0.15, 0.2) is 12.7 Å². The van der Waals surface area contributed by atoms with Crippen LogP contribution in [0.25, 0.3) is 0 Å². The lowest BCUT2D eigenvalue weighted by atomic mass is 10.5. The van der Waals surface area contributed by atoms with Crippen LogP contribution in [0.2, 0.25) is 0 Å². The van der Waals surface area contributed by atoms with E-state index in [1.165, 1.54) is 6.08 Å². The Hall–Kier alpha value is -0.493. The molecule has 0 spiro atoms. The average molecular weight is 232 g/mol. The van der Waals surface area contributed by atoms with Crippen LogP contribution < -0.4 is 0 Å². The van der Waals surface area contributed by atoms with Gasteiger partial charge in [-0.25, -0.2) is 0 Å². The van der Waals surface area contributed by atoms with Gasteiger partial charge in [0.1, 0.15) is 0 Å². The molecule has 0 heterocycles. The van der Waals surface area contributed by atoms with Crippen molar-refractivity contribution in [1.29, 1.82) is 0 Å². The minimum absolute atomic E-state index is 0.112. The molecule has 0 unspecified atom stereocenters. The van der Waals surface area contributed by atoms with Crippen LogP contribution in [0, 0.1) is 0 Å². The van der Waals surface area contributed by atoms with Crippen LogP contribution in [0.5, 0.6) is 0 Å². The standard InChI is InChI=1S/C10H20O4Si/c1-6-10(11)15(12-7-2,13-8-3)14-9(4)5/h6,9H,1,7-8H2,2-5H3. The van der Waals surface area contributed by atoms with Gasteiger partial charge >= 0.3 is 8.80 Å². The molecular formula is C10H20O4Si. The fraction of sp³-hybridized carbons (Fsp3) is 0.700. The van der Waals surface area contributed by atoms with E-state index in [0.717, 1.165) is 0 Å². The van der Waals surface area contributed by atoms with Crippen LogP contribution in [-0.4, -0.2) is 33.5 Å². The van der Waals surface area contributed by atoms with Crippen molar-refractivity contribution in [2.75, 3.05) is 13.2 Å². The highest BCUT2D eigenvalue weighted by Gasteiger charge is 2.49. The highest BCUT2D eigenvalue weighted by Crippen LogP contribution is 2.14. The van der Waals surface area contributed by atoms with Crippen molar-refractivity contribution in [3.05, 3.63) is 12.7 Å². The molecule has 0 aliphatic rings. The minimum atomic E-state index is -3.22. The maximum absolute atomic E-state index is 11.7. The zero-order valence-electron chi connectivity index (χ0n) is 9.91. The lowest BCUT2D eigenvalue weighted by Crippen LogP contribution is -2.54. The topological polar surface area (TPSA) is 44.8 Å². The van der Waals surface area contributed by atoms with Crippen molar-refractivity contribution >= 4 is 14.2 Å². The Bertz CT molecular complexity index is 209. The summed E-state index contributed by atoms with van der Waals surface area (Å²) in [5.74, 6) is 0. The van der Waals surface area contributed by atoms with Gasteiger partial charge < -0.3 is 13.3 Å². The normalized spacial score (nSPS) is 11.8. The highest BCUT2D eigenvalue weighted by atomic mass is 28.4. The fourth-order valence-corrected chi connectivity index (χ4v) is 3.38. The molecule has 0 aromatic rings. The van der Waals surface area contributed by atoms with Gasteiger partial charge in [-0.2, -0.15) is 0 Å². The third kappa shape index (κ3) is 4.25. The summed E-state index contributed by atoms with van der Waals surface area (Å²) in [4.78, 5) is 11.7. The van der Waals surface area contributed by atoms with E-state index in [1.54, 1.807) is 13.8 Å². The number of hydrogen-bond acceptors (Lipinski definition) is 4. The Morgan fingerprint density at radius 1 is 1.33 bits per heavy atom. The number of rotatable bonds is 8. The van der Waals surface area contributed by atoms with E-state index in [0.29, 0.717) is 13.2 Å². The van der Waals surface area contributed by atoms with Gasteiger partial charge in [0, 0.05) is 19.3 Å². The fourth-order valence-electron chi connectivity index (χ4n) is 1.13. The smallest absolute Gasteiger partial charge is 0.368 e. The van der Waals surface area contributed by atoms with Crippen molar-refractivity contribution in [3.8, 4) is 0 Å². The summed E-state index contributed by atoms with van der Waals surface area (Å²) >= 11 is 0. The summed E-state index contributed by atoms with van der Waals surface area (Å²) in [7, 11) is -3.22. The molecule has 0 saturated heterocycles. The Morgan fingerprint density at radius 2 is 1.80 bits per heavy atom. The molecule has 4 nitrogen and oxygen atoms in total. The first-order valence-corrected chi connectivity index (χ1v) is 6.87. The van der Waals surface area contributed by atoms with E-state index in [2.05, 4.69) is 6.58 Å². The van der Waals surface area contributed by atoms with Crippen molar-refractivity contribution in [2.24, 2.45) is 0 Å². The quantitative estimate of drug-likeness (QED) is 0.472. The van der Waals surface area contributed by atoms with E-state index < -0.39 is 8.80 Å². The molecule has 0 atom stereocenters. The molecule has 0 saturated carbocycles. The average Bonchev–Trinajstić information content (AvgIpc) is 2.16. The Labute approximate surface area is 92.6 Å². The lowest BCUT2D eigenvalue weighted by molar-refractivity contribution is -0.116. The van der Waals surface area contributed by atoms with E-state index in [9.17, 15) is 4.79 Å².